The summed E-state index contributed by atoms with van der Waals surface area (Å²) in [5.74, 6) is 0.685. The highest BCUT2D eigenvalue weighted by atomic mass is 16.5. The normalized spacial score (nSPS) is 14.8. The maximum Gasteiger partial charge on any atom is 0.197 e. The Labute approximate surface area is 151 Å². The van der Waals surface area contributed by atoms with Gasteiger partial charge in [-0.05, 0) is 50.2 Å². The van der Waals surface area contributed by atoms with Crippen LogP contribution in [0.2, 0.25) is 0 Å². The summed E-state index contributed by atoms with van der Waals surface area (Å²) in [5.41, 5.74) is 2.37. The highest BCUT2D eigenvalue weighted by Crippen LogP contribution is 2.34. The summed E-state index contributed by atoms with van der Waals surface area (Å²) >= 11 is 0. The van der Waals surface area contributed by atoms with Crippen molar-refractivity contribution in [2.75, 3.05) is 20.2 Å². The zero-order valence-electron chi connectivity index (χ0n) is 14.7. The molecule has 0 radical (unpaired) electrons. The van der Waals surface area contributed by atoms with Crippen LogP contribution in [0.5, 0.6) is 11.5 Å². The smallest absolute Gasteiger partial charge is 0.197 e. The fourth-order valence-electron chi connectivity index (χ4n) is 3.60. The number of phenolic OH excluding ortho intramolecular Hbond substituents is 1. The minimum Gasteiger partial charge on any atom is -0.508 e. The van der Waals surface area contributed by atoms with Crippen LogP contribution >= 0.6 is 0 Å². The zero-order chi connectivity index (χ0) is 18.1. The summed E-state index contributed by atoms with van der Waals surface area (Å²) in [7, 11) is 1.57. The van der Waals surface area contributed by atoms with E-state index in [0.717, 1.165) is 31.5 Å². The van der Waals surface area contributed by atoms with E-state index >= 15 is 0 Å². The van der Waals surface area contributed by atoms with Crippen molar-refractivity contribution in [2.24, 2.45) is 0 Å². The molecule has 0 bridgehead atoms. The predicted molar refractivity (Wildman–Crippen MR) is 98.8 cm³/mol. The van der Waals surface area contributed by atoms with Crippen LogP contribution < -0.4 is 4.74 Å². The molecule has 1 aliphatic heterocycles. The molecular formula is C21H21NO4. The van der Waals surface area contributed by atoms with Gasteiger partial charge in [0, 0.05) is 23.1 Å². The lowest BCUT2D eigenvalue weighted by Crippen LogP contribution is -2.18. The standard InChI is InChI=1S/C21H21NO4/c1-25-15-6-4-5-14(11-15)21(24)17-13-26-19-8-7-18(23)16(20(17)19)12-22-9-2-3-10-22/h4-8,11,13,23H,2-3,9-10,12H2,1H3. The molecule has 1 fully saturated rings. The summed E-state index contributed by atoms with van der Waals surface area (Å²) in [6.45, 7) is 2.63. The van der Waals surface area contributed by atoms with E-state index < -0.39 is 0 Å². The van der Waals surface area contributed by atoms with Crippen molar-refractivity contribution in [3.63, 3.8) is 0 Å². The number of benzene rings is 2. The largest absolute Gasteiger partial charge is 0.508 e. The quantitative estimate of drug-likeness (QED) is 0.705. The Kier molecular flexibility index (Phi) is 4.39. The zero-order valence-corrected chi connectivity index (χ0v) is 14.7. The molecule has 0 saturated carbocycles. The first-order valence-corrected chi connectivity index (χ1v) is 8.80. The lowest BCUT2D eigenvalue weighted by atomic mass is 9.98. The molecule has 0 atom stereocenters. The van der Waals surface area contributed by atoms with Gasteiger partial charge in [-0.2, -0.15) is 0 Å². The third kappa shape index (κ3) is 2.95. The molecule has 2 heterocycles. The van der Waals surface area contributed by atoms with Crippen molar-refractivity contribution >= 4 is 16.8 Å². The van der Waals surface area contributed by atoms with Crippen molar-refractivity contribution in [1.82, 2.24) is 4.90 Å². The Morgan fingerprint density at radius 1 is 1.23 bits per heavy atom. The fourth-order valence-corrected chi connectivity index (χ4v) is 3.60. The minimum absolute atomic E-state index is 0.143. The molecule has 134 valence electrons. The molecule has 1 aliphatic rings. The maximum atomic E-state index is 13.1. The number of aromatic hydroxyl groups is 1. The molecule has 2 aromatic carbocycles. The Balaban J connectivity index is 1.79. The van der Waals surface area contributed by atoms with Crippen LogP contribution in [-0.4, -0.2) is 36.0 Å². The van der Waals surface area contributed by atoms with Gasteiger partial charge in [0.25, 0.3) is 0 Å². The number of phenols is 1. The van der Waals surface area contributed by atoms with E-state index in [1.807, 2.05) is 0 Å². The number of rotatable bonds is 5. The van der Waals surface area contributed by atoms with Gasteiger partial charge in [0.15, 0.2) is 5.78 Å². The molecule has 5 nitrogen and oxygen atoms in total. The summed E-state index contributed by atoms with van der Waals surface area (Å²) in [4.78, 5) is 15.4. The summed E-state index contributed by atoms with van der Waals surface area (Å²) < 4.78 is 10.8. The second-order valence-corrected chi connectivity index (χ2v) is 6.63. The van der Waals surface area contributed by atoms with Crippen LogP contribution in [0, 0.1) is 0 Å². The van der Waals surface area contributed by atoms with E-state index in [4.69, 9.17) is 9.15 Å². The van der Waals surface area contributed by atoms with Gasteiger partial charge < -0.3 is 14.3 Å². The van der Waals surface area contributed by atoms with E-state index in [0.29, 0.717) is 34.4 Å². The SMILES string of the molecule is COc1cccc(C(=O)c2coc3ccc(O)c(CN4CCCC4)c23)c1. The Morgan fingerprint density at radius 3 is 2.81 bits per heavy atom. The number of hydrogen-bond donors (Lipinski definition) is 1. The van der Waals surface area contributed by atoms with Crippen LogP contribution in [0.3, 0.4) is 0 Å². The molecule has 5 heteroatoms. The first-order chi connectivity index (χ1) is 12.7. The highest BCUT2D eigenvalue weighted by molar-refractivity contribution is 6.16. The number of nitrogens with zero attached hydrogens (tertiary/aromatic N) is 1. The Hall–Kier alpha value is -2.79. The number of methoxy groups -OCH3 is 1. The van der Waals surface area contributed by atoms with Crippen LogP contribution in [0.4, 0.5) is 0 Å². The summed E-state index contributed by atoms with van der Waals surface area (Å²) in [6, 6.07) is 10.4. The molecule has 1 saturated heterocycles. The maximum absolute atomic E-state index is 13.1. The number of carbonyl (C=O) groups excluding carboxylic acids is 1. The molecule has 1 N–H and O–H groups in total. The molecule has 0 spiro atoms. The van der Waals surface area contributed by atoms with E-state index in [9.17, 15) is 9.90 Å². The summed E-state index contributed by atoms with van der Waals surface area (Å²) in [6.07, 6.45) is 3.81. The highest BCUT2D eigenvalue weighted by Gasteiger charge is 2.23. The summed E-state index contributed by atoms with van der Waals surface area (Å²) in [5, 5.41) is 11.1. The first-order valence-electron chi connectivity index (χ1n) is 8.80. The molecule has 1 aromatic heterocycles. The van der Waals surface area contributed by atoms with E-state index in [-0.39, 0.29) is 11.5 Å². The van der Waals surface area contributed by atoms with Gasteiger partial charge in [0.1, 0.15) is 23.3 Å². The van der Waals surface area contributed by atoms with Crippen molar-refractivity contribution in [1.29, 1.82) is 0 Å². The van der Waals surface area contributed by atoms with Crippen LogP contribution in [-0.2, 0) is 6.54 Å². The lowest BCUT2D eigenvalue weighted by Gasteiger charge is -2.16. The molecule has 0 amide bonds. The monoisotopic (exact) mass is 351 g/mol. The molecule has 3 aromatic rings. The molecular weight excluding hydrogens is 330 g/mol. The number of furan rings is 1. The van der Waals surface area contributed by atoms with Crippen LogP contribution in [0.1, 0.15) is 34.3 Å². The molecule has 4 rings (SSSR count). The predicted octanol–water partition coefficient (Wildman–Crippen LogP) is 3.97. The third-order valence-electron chi connectivity index (χ3n) is 4.98. The van der Waals surface area contributed by atoms with Gasteiger partial charge in [0.05, 0.1) is 12.7 Å². The second kappa shape index (κ2) is 6.84. The number of ketones is 1. The van der Waals surface area contributed by atoms with Gasteiger partial charge in [-0.25, -0.2) is 0 Å². The third-order valence-corrected chi connectivity index (χ3v) is 4.98. The van der Waals surface area contributed by atoms with Gasteiger partial charge in [-0.3, -0.25) is 9.69 Å². The average Bonchev–Trinajstić information content (AvgIpc) is 3.33. The van der Waals surface area contributed by atoms with Crippen molar-refractivity contribution in [3.8, 4) is 11.5 Å². The topological polar surface area (TPSA) is 62.9 Å². The van der Waals surface area contributed by atoms with Gasteiger partial charge in [-0.15, -0.1) is 0 Å². The number of carbonyl (C=O) groups is 1. The Morgan fingerprint density at radius 2 is 2.04 bits per heavy atom. The fraction of sp³-hybridized carbons (Fsp3) is 0.286. The Bertz CT molecular complexity index is 954. The van der Waals surface area contributed by atoms with Gasteiger partial charge >= 0.3 is 0 Å². The van der Waals surface area contributed by atoms with E-state index in [1.165, 1.54) is 6.26 Å². The number of likely N-dealkylation sites (tertiary alicyclic amines) is 1. The second-order valence-electron chi connectivity index (χ2n) is 6.63. The minimum atomic E-state index is -0.143. The van der Waals surface area contributed by atoms with E-state index in [2.05, 4.69) is 4.90 Å². The lowest BCUT2D eigenvalue weighted by molar-refractivity contribution is 0.103. The number of fused-ring (bicyclic) bond motifs is 1. The van der Waals surface area contributed by atoms with Crippen molar-refractivity contribution < 1.29 is 19.1 Å². The van der Waals surface area contributed by atoms with Gasteiger partial charge in [-0.1, -0.05) is 12.1 Å². The van der Waals surface area contributed by atoms with Crippen LogP contribution in [0.15, 0.2) is 47.1 Å². The van der Waals surface area contributed by atoms with Gasteiger partial charge in [0.2, 0.25) is 0 Å². The molecule has 0 aliphatic carbocycles. The molecule has 0 unspecified atom stereocenters. The number of ether oxygens (including phenoxy) is 1. The first kappa shape index (κ1) is 16.7. The van der Waals surface area contributed by atoms with Crippen molar-refractivity contribution in [2.45, 2.75) is 19.4 Å². The van der Waals surface area contributed by atoms with Crippen molar-refractivity contribution in [3.05, 3.63) is 59.4 Å². The van der Waals surface area contributed by atoms with Crippen LogP contribution in [0.25, 0.3) is 11.0 Å². The van der Waals surface area contributed by atoms with E-state index in [1.54, 1.807) is 43.5 Å². The number of hydrogen-bond acceptors (Lipinski definition) is 5. The molecule has 26 heavy (non-hydrogen) atoms. The average molecular weight is 351 g/mol.